The number of nitro benzene ring substituents is 1. The van der Waals surface area contributed by atoms with Gasteiger partial charge < -0.3 is 9.05 Å². The standard InChI is InChI=1S/C11H15FNO5PS/c1-3-17-19(16,18-4-2)8-20-11-6-5-9(13(14)15)7-10(11)12/h5-7H,3-4,8H2,1-2H3. The van der Waals surface area contributed by atoms with Crippen LogP contribution in [0.3, 0.4) is 0 Å². The first-order chi connectivity index (χ1) is 9.41. The van der Waals surface area contributed by atoms with E-state index in [0.717, 1.165) is 17.8 Å². The number of hydrogen-bond donors (Lipinski definition) is 0. The van der Waals surface area contributed by atoms with Gasteiger partial charge in [0.05, 0.1) is 24.2 Å². The molecule has 0 saturated carbocycles. The van der Waals surface area contributed by atoms with E-state index in [0.29, 0.717) is 0 Å². The van der Waals surface area contributed by atoms with Gasteiger partial charge in [-0.05, 0) is 19.9 Å². The Balaban J connectivity index is 2.78. The topological polar surface area (TPSA) is 78.7 Å². The second-order valence-electron chi connectivity index (χ2n) is 3.59. The van der Waals surface area contributed by atoms with Gasteiger partial charge in [0.25, 0.3) is 5.69 Å². The van der Waals surface area contributed by atoms with Gasteiger partial charge in [0.1, 0.15) is 11.3 Å². The third-order valence-electron chi connectivity index (χ3n) is 2.16. The predicted molar refractivity (Wildman–Crippen MR) is 74.6 cm³/mol. The van der Waals surface area contributed by atoms with Gasteiger partial charge in [-0.3, -0.25) is 14.7 Å². The van der Waals surface area contributed by atoms with Crippen molar-refractivity contribution in [2.75, 3.05) is 18.7 Å². The quantitative estimate of drug-likeness (QED) is 0.311. The van der Waals surface area contributed by atoms with Crippen molar-refractivity contribution >= 4 is 25.0 Å². The zero-order valence-electron chi connectivity index (χ0n) is 11.1. The highest BCUT2D eigenvalue weighted by molar-refractivity contribution is 8.04. The van der Waals surface area contributed by atoms with Crippen LogP contribution in [0, 0.1) is 15.9 Å². The Morgan fingerprint density at radius 3 is 2.40 bits per heavy atom. The molecule has 0 aliphatic rings. The maximum Gasteiger partial charge on any atom is 0.340 e. The van der Waals surface area contributed by atoms with E-state index in [1.165, 1.54) is 12.1 Å². The van der Waals surface area contributed by atoms with E-state index < -0.39 is 18.3 Å². The second kappa shape index (κ2) is 7.73. The summed E-state index contributed by atoms with van der Waals surface area (Å²) < 4.78 is 36.0. The highest BCUT2D eigenvalue weighted by Gasteiger charge is 2.24. The van der Waals surface area contributed by atoms with Crippen molar-refractivity contribution < 1.29 is 22.9 Å². The summed E-state index contributed by atoms with van der Waals surface area (Å²) in [5, 5.41) is 10.5. The SMILES string of the molecule is CCOP(=O)(CSc1ccc([N+](=O)[O-])cc1F)OCC. The van der Waals surface area contributed by atoms with Crippen LogP contribution >= 0.6 is 19.4 Å². The number of rotatable bonds is 8. The van der Waals surface area contributed by atoms with Gasteiger partial charge in [-0.1, -0.05) is 0 Å². The van der Waals surface area contributed by atoms with Crippen molar-refractivity contribution in [3.63, 3.8) is 0 Å². The Bertz CT molecular complexity index is 518. The van der Waals surface area contributed by atoms with Crippen molar-refractivity contribution in [1.82, 2.24) is 0 Å². The Morgan fingerprint density at radius 2 is 1.95 bits per heavy atom. The van der Waals surface area contributed by atoms with Gasteiger partial charge in [-0.15, -0.1) is 11.8 Å². The minimum Gasteiger partial charge on any atom is -0.308 e. The lowest BCUT2D eigenvalue weighted by Crippen LogP contribution is -1.98. The lowest BCUT2D eigenvalue weighted by atomic mass is 10.3. The molecule has 9 heteroatoms. The van der Waals surface area contributed by atoms with Crippen LogP contribution in [0.2, 0.25) is 0 Å². The van der Waals surface area contributed by atoms with Crippen molar-refractivity contribution in [3.05, 3.63) is 34.1 Å². The van der Waals surface area contributed by atoms with Gasteiger partial charge in [-0.25, -0.2) is 4.39 Å². The number of halogens is 1. The summed E-state index contributed by atoms with van der Waals surface area (Å²) in [5.41, 5.74) is -0.381. The first kappa shape index (κ1) is 17.1. The summed E-state index contributed by atoms with van der Waals surface area (Å²) in [5.74, 6) is -0.733. The Kier molecular flexibility index (Phi) is 6.61. The average molecular weight is 323 g/mol. The summed E-state index contributed by atoms with van der Waals surface area (Å²) in [6, 6.07) is 3.30. The Hall–Kier alpha value is -0.950. The zero-order valence-corrected chi connectivity index (χ0v) is 12.8. The maximum atomic E-state index is 13.7. The number of hydrogen-bond acceptors (Lipinski definition) is 6. The molecule has 0 bridgehead atoms. The van der Waals surface area contributed by atoms with Crippen LogP contribution in [-0.4, -0.2) is 23.6 Å². The van der Waals surface area contributed by atoms with E-state index >= 15 is 0 Å². The molecular weight excluding hydrogens is 308 g/mol. The molecule has 0 aromatic heterocycles. The van der Waals surface area contributed by atoms with Gasteiger partial charge in [0, 0.05) is 11.0 Å². The van der Waals surface area contributed by atoms with Crippen LogP contribution < -0.4 is 0 Å². The number of non-ortho nitro benzene ring substituents is 1. The molecule has 0 atom stereocenters. The molecule has 112 valence electrons. The molecule has 0 N–H and O–H groups in total. The van der Waals surface area contributed by atoms with Crippen molar-refractivity contribution in [1.29, 1.82) is 0 Å². The third kappa shape index (κ3) is 4.86. The predicted octanol–water partition coefficient (Wildman–Crippen LogP) is 4.05. The first-order valence-corrected chi connectivity index (χ1v) is 8.58. The smallest absolute Gasteiger partial charge is 0.308 e. The van der Waals surface area contributed by atoms with Gasteiger partial charge in [-0.2, -0.15) is 0 Å². The van der Waals surface area contributed by atoms with Crippen LogP contribution in [-0.2, 0) is 13.6 Å². The molecule has 0 aliphatic carbocycles. The van der Waals surface area contributed by atoms with Crippen molar-refractivity contribution in [2.24, 2.45) is 0 Å². The summed E-state index contributed by atoms with van der Waals surface area (Å²) in [4.78, 5) is 9.98. The molecule has 0 amide bonds. The summed E-state index contributed by atoms with van der Waals surface area (Å²) in [6.07, 6.45) is 0. The Morgan fingerprint density at radius 1 is 1.35 bits per heavy atom. The van der Waals surface area contributed by atoms with E-state index in [4.69, 9.17) is 9.05 Å². The molecule has 0 unspecified atom stereocenters. The number of nitro groups is 1. The molecular formula is C11H15FNO5PS. The fourth-order valence-electron chi connectivity index (χ4n) is 1.37. The molecule has 20 heavy (non-hydrogen) atoms. The number of benzene rings is 1. The molecule has 1 aromatic carbocycles. The molecule has 0 saturated heterocycles. The molecule has 0 aliphatic heterocycles. The molecule has 0 fully saturated rings. The summed E-state index contributed by atoms with van der Waals surface area (Å²) >= 11 is 0.944. The lowest BCUT2D eigenvalue weighted by Gasteiger charge is -2.16. The van der Waals surface area contributed by atoms with Gasteiger partial charge in [0.15, 0.2) is 0 Å². The van der Waals surface area contributed by atoms with Crippen LogP contribution in [0.5, 0.6) is 0 Å². The molecule has 0 radical (unpaired) electrons. The van der Waals surface area contributed by atoms with Crippen LogP contribution in [0.4, 0.5) is 10.1 Å². The van der Waals surface area contributed by atoms with E-state index in [-0.39, 0.29) is 29.3 Å². The van der Waals surface area contributed by atoms with E-state index in [2.05, 4.69) is 0 Å². The third-order valence-corrected chi connectivity index (χ3v) is 5.88. The molecule has 6 nitrogen and oxygen atoms in total. The minimum atomic E-state index is -3.27. The highest BCUT2D eigenvalue weighted by Crippen LogP contribution is 2.52. The van der Waals surface area contributed by atoms with Crippen LogP contribution in [0.15, 0.2) is 23.1 Å². The molecule has 0 heterocycles. The summed E-state index contributed by atoms with van der Waals surface area (Å²) in [7, 11) is -3.27. The van der Waals surface area contributed by atoms with Crippen molar-refractivity contribution in [2.45, 2.75) is 18.7 Å². The first-order valence-electron chi connectivity index (χ1n) is 5.86. The fourth-order valence-corrected chi connectivity index (χ4v) is 4.38. The van der Waals surface area contributed by atoms with Crippen molar-refractivity contribution in [3.8, 4) is 0 Å². The van der Waals surface area contributed by atoms with E-state index in [9.17, 15) is 19.1 Å². The largest absolute Gasteiger partial charge is 0.340 e. The van der Waals surface area contributed by atoms with Gasteiger partial charge in [0.2, 0.25) is 0 Å². The maximum absolute atomic E-state index is 13.7. The van der Waals surface area contributed by atoms with Crippen LogP contribution in [0.1, 0.15) is 13.8 Å². The molecule has 0 spiro atoms. The number of thioether (sulfide) groups is 1. The van der Waals surface area contributed by atoms with E-state index in [1.807, 2.05) is 0 Å². The zero-order chi connectivity index (χ0) is 15.2. The monoisotopic (exact) mass is 323 g/mol. The normalized spacial score (nSPS) is 11.6. The highest BCUT2D eigenvalue weighted by atomic mass is 32.2. The average Bonchev–Trinajstić information content (AvgIpc) is 2.37. The van der Waals surface area contributed by atoms with Gasteiger partial charge >= 0.3 is 7.60 Å². The van der Waals surface area contributed by atoms with Crippen LogP contribution in [0.25, 0.3) is 0 Å². The lowest BCUT2D eigenvalue weighted by molar-refractivity contribution is -0.385. The number of nitrogens with zero attached hydrogens (tertiary/aromatic N) is 1. The molecule has 1 aromatic rings. The fraction of sp³-hybridized carbons (Fsp3) is 0.455. The Labute approximate surface area is 120 Å². The van der Waals surface area contributed by atoms with E-state index in [1.54, 1.807) is 13.8 Å². The minimum absolute atomic E-state index is 0.0522. The summed E-state index contributed by atoms with van der Waals surface area (Å²) in [6.45, 7) is 3.81. The molecule has 1 rings (SSSR count). The second-order valence-corrected chi connectivity index (χ2v) is 7.09.